The molecule has 1 N–H and O–H groups in total. The molecule has 0 aliphatic rings. The zero-order valence-corrected chi connectivity index (χ0v) is 13.1. The lowest BCUT2D eigenvalue weighted by Crippen LogP contribution is -2.36. The van der Waals surface area contributed by atoms with Crippen molar-refractivity contribution in [3.63, 3.8) is 0 Å². The molecular weight excluding hydrogens is 321 g/mol. The summed E-state index contributed by atoms with van der Waals surface area (Å²) < 4.78 is 39.7. The van der Waals surface area contributed by atoms with E-state index in [0.29, 0.717) is 11.8 Å². The zero-order chi connectivity index (χ0) is 17.9. The Balaban J connectivity index is 2.18. The molecule has 0 aliphatic heterocycles. The highest BCUT2D eigenvalue weighted by atomic mass is 19.2. The van der Waals surface area contributed by atoms with Crippen molar-refractivity contribution in [2.24, 2.45) is 0 Å². The number of hydrogen-bond acceptors (Lipinski definition) is 2. The Labute approximate surface area is 136 Å². The van der Waals surface area contributed by atoms with Crippen molar-refractivity contribution in [2.75, 3.05) is 16.8 Å². The Hall–Kier alpha value is -2.83. The summed E-state index contributed by atoms with van der Waals surface area (Å²) in [5.41, 5.74) is 0.904. The van der Waals surface area contributed by atoms with Crippen molar-refractivity contribution in [1.29, 1.82) is 0 Å². The number of anilines is 2. The van der Waals surface area contributed by atoms with E-state index >= 15 is 0 Å². The molecule has 0 unspecified atom stereocenters. The zero-order valence-electron chi connectivity index (χ0n) is 13.1. The van der Waals surface area contributed by atoms with Crippen molar-refractivity contribution in [2.45, 2.75) is 13.8 Å². The summed E-state index contributed by atoms with van der Waals surface area (Å²) in [4.78, 5) is 25.0. The molecule has 2 aromatic rings. The van der Waals surface area contributed by atoms with Crippen LogP contribution in [0.1, 0.15) is 12.5 Å². The van der Waals surface area contributed by atoms with Crippen LogP contribution < -0.4 is 10.2 Å². The van der Waals surface area contributed by atoms with Crippen molar-refractivity contribution < 1.29 is 22.8 Å². The van der Waals surface area contributed by atoms with E-state index in [0.717, 1.165) is 11.6 Å². The lowest BCUT2D eigenvalue weighted by molar-refractivity contribution is -0.120. The molecule has 2 amide bonds. The van der Waals surface area contributed by atoms with E-state index in [1.165, 1.54) is 11.8 Å². The van der Waals surface area contributed by atoms with Crippen LogP contribution in [-0.2, 0) is 9.59 Å². The first kappa shape index (κ1) is 17.5. The first-order valence-electron chi connectivity index (χ1n) is 7.07. The van der Waals surface area contributed by atoms with Crippen molar-refractivity contribution in [3.05, 3.63) is 59.4 Å². The third-order valence-electron chi connectivity index (χ3n) is 3.30. The third-order valence-corrected chi connectivity index (χ3v) is 3.30. The number of nitrogens with one attached hydrogen (secondary N) is 1. The molecule has 0 aliphatic carbocycles. The van der Waals surface area contributed by atoms with Crippen LogP contribution in [0, 0.1) is 24.4 Å². The van der Waals surface area contributed by atoms with Gasteiger partial charge in [0.05, 0.1) is 5.69 Å². The number of nitrogens with zero attached hydrogens (tertiary/aromatic N) is 1. The number of benzene rings is 2. The highest BCUT2D eigenvalue weighted by Gasteiger charge is 2.19. The van der Waals surface area contributed by atoms with Crippen molar-refractivity contribution >= 4 is 23.2 Å². The summed E-state index contributed by atoms with van der Waals surface area (Å²) >= 11 is 0. The minimum absolute atomic E-state index is 0.387. The van der Waals surface area contributed by atoms with Gasteiger partial charge < -0.3 is 10.2 Å². The van der Waals surface area contributed by atoms with E-state index in [1.54, 1.807) is 18.2 Å². The maximum absolute atomic E-state index is 13.6. The van der Waals surface area contributed by atoms with Crippen molar-refractivity contribution in [3.8, 4) is 0 Å². The quantitative estimate of drug-likeness (QED) is 0.870. The topological polar surface area (TPSA) is 49.4 Å². The highest BCUT2D eigenvalue weighted by Crippen LogP contribution is 2.20. The molecule has 0 bridgehead atoms. The van der Waals surface area contributed by atoms with Gasteiger partial charge in [0.1, 0.15) is 6.54 Å². The molecule has 4 nitrogen and oxygen atoms in total. The van der Waals surface area contributed by atoms with E-state index in [9.17, 15) is 22.8 Å². The smallest absolute Gasteiger partial charge is 0.244 e. The van der Waals surface area contributed by atoms with Crippen LogP contribution in [0.25, 0.3) is 0 Å². The maximum Gasteiger partial charge on any atom is 0.244 e. The molecular formula is C17H15F3N2O2. The molecule has 0 saturated heterocycles. The molecule has 0 fully saturated rings. The van der Waals surface area contributed by atoms with Gasteiger partial charge in [-0.2, -0.15) is 0 Å². The molecule has 0 saturated carbocycles. The Morgan fingerprint density at radius 3 is 2.42 bits per heavy atom. The number of rotatable bonds is 4. The summed E-state index contributed by atoms with van der Waals surface area (Å²) in [5.74, 6) is -5.64. The minimum Gasteiger partial charge on any atom is -0.322 e. The fourth-order valence-electron chi connectivity index (χ4n) is 2.14. The minimum atomic E-state index is -1.67. The van der Waals surface area contributed by atoms with Gasteiger partial charge in [-0.3, -0.25) is 9.59 Å². The second-order valence-corrected chi connectivity index (χ2v) is 5.22. The average Bonchev–Trinajstić information content (AvgIpc) is 2.53. The van der Waals surface area contributed by atoms with Crippen LogP contribution in [0.3, 0.4) is 0 Å². The van der Waals surface area contributed by atoms with Crippen LogP contribution in [0.5, 0.6) is 0 Å². The van der Waals surface area contributed by atoms with Crippen LogP contribution in [0.2, 0.25) is 0 Å². The van der Waals surface area contributed by atoms with Gasteiger partial charge in [0.25, 0.3) is 0 Å². The second-order valence-electron chi connectivity index (χ2n) is 5.22. The molecule has 0 heterocycles. The molecule has 7 heteroatoms. The standard InChI is InChI=1S/C17H15F3N2O2/c1-10-4-3-5-12(8-10)22(11(2)23)9-15(24)21-14-7-6-13(18)16(19)17(14)20/h3-8H,9H2,1-2H3,(H,21,24). The molecule has 2 rings (SSSR count). The number of amides is 2. The maximum atomic E-state index is 13.6. The second kappa shape index (κ2) is 7.16. The summed E-state index contributed by atoms with van der Waals surface area (Å²) in [5, 5.41) is 2.13. The van der Waals surface area contributed by atoms with Crippen LogP contribution >= 0.6 is 0 Å². The van der Waals surface area contributed by atoms with E-state index in [-0.39, 0.29) is 5.91 Å². The third kappa shape index (κ3) is 3.92. The van der Waals surface area contributed by atoms with Gasteiger partial charge >= 0.3 is 0 Å². The predicted octanol–water partition coefficient (Wildman–Crippen LogP) is 3.40. The number of carbonyl (C=O) groups is 2. The molecule has 0 aromatic heterocycles. The average molecular weight is 336 g/mol. The van der Waals surface area contributed by atoms with Gasteiger partial charge in [-0.15, -0.1) is 0 Å². The van der Waals surface area contributed by atoms with Crippen LogP contribution in [0.15, 0.2) is 36.4 Å². The van der Waals surface area contributed by atoms with Gasteiger partial charge in [0.2, 0.25) is 11.8 Å². The lowest BCUT2D eigenvalue weighted by Gasteiger charge is -2.21. The molecule has 24 heavy (non-hydrogen) atoms. The molecule has 0 radical (unpaired) electrons. The SMILES string of the molecule is CC(=O)N(CC(=O)Nc1ccc(F)c(F)c1F)c1cccc(C)c1. The highest BCUT2D eigenvalue weighted by molar-refractivity contribution is 6.01. The van der Waals surface area contributed by atoms with E-state index in [1.807, 2.05) is 13.0 Å². The number of aryl methyl sites for hydroxylation is 1. The number of carbonyl (C=O) groups excluding carboxylic acids is 2. The molecule has 0 spiro atoms. The van der Waals surface area contributed by atoms with E-state index in [4.69, 9.17) is 0 Å². The fourth-order valence-corrected chi connectivity index (χ4v) is 2.14. The van der Waals surface area contributed by atoms with Gasteiger partial charge in [-0.05, 0) is 36.8 Å². The van der Waals surface area contributed by atoms with Crippen molar-refractivity contribution in [1.82, 2.24) is 0 Å². The Morgan fingerprint density at radius 2 is 1.79 bits per heavy atom. The Kier molecular flexibility index (Phi) is 5.23. The molecule has 126 valence electrons. The molecule has 0 atom stereocenters. The lowest BCUT2D eigenvalue weighted by atomic mass is 10.2. The van der Waals surface area contributed by atoms with Gasteiger partial charge in [0.15, 0.2) is 17.5 Å². The Morgan fingerprint density at radius 1 is 1.08 bits per heavy atom. The first-order valence-corrected chi connectivity index (χ1v) is 7.07. The van der Waals surface area contributed by atoms with E-state index < -0.39 is 35.6 Å². The summed E-state index contributed by atoms with van der Waals surface area (Å²) in [6, 6.07) is 8.55. The summed E-state index contributed by atoms with van der Waals surface area (Å²) in [6.45, 7) is 2.73. The van der Waals surface area contributed by atoms with Crippen LogP contribution in [0.4, 0.5) is 24.5 Å². The van der Waals surface area contributed by atoms with Crippen LogP contribution in [-0.4, -0.2) is 18.4 Å². The fraction of sp³-hybridized carbons (Fsp3) is 0.176. The normalized spacial score (nSPS) is 10.4. The first-order chi connectivity index (χ1) is 11.3. The number of hydrogen-bond donors (Lipinski definition) is 1. The van der Waals surface area contributed by atoms with Gasteiger partial charge in [-0.25, -0.2) is 13.2 Å². The Bertz CT molecular complexity index is 793. The predicted molar refractivity (Wildman–Crippen MR) is 84.2 cm³/mol. The van der Waals surface area contributed by atoms with Gasteiger partial charge in [0, 0.05) is 12.6 Å². The number of halogens is 3. The largest absolute Gasteiger partial charge is 0.322 e. The van der Waals surface area contributed by atoms with Gasteiger partial charge in [-0.1, -0.05) is 12.1 Å². The molecule has 2 aromatic carbocycles. The summed E-state index contributed by atoms with van der Waals surface area (Å²) in [6.07, 6.45) is 0. The monoisotopic (exact) mass is 336 g/mol. The summed E-state index contributed by atoms with van der Waals surface area (Å²) in [7, 11) is 0. The van der Waals surface area contributed by atoms with E-state index in [2.05, 4.69) is 5.32 Å².